The lowest BCUT2D eigenvalue weighted by Crippen LogP contribution is -2.42. The Labute approximate surface area is 137 Å². The van der Waals surface area contributed by atoms with E-state index in [1.807, 2.05) is 74.5 Å². The molecule has 2 rings (SSSR count). The molecule has 0 saturated heterocycles. The van der Waals surface area contributed by atoms with E-state index < -0.39 is 11.8 Å². The van der Waals surface area contributed by atoms with E-state index in [-0.39, 0.29) is 12.1 Å². The average Bonchev–Trinajstić information content (AvgIpc) is 2.61. The van der Waals surface area contributed by atoms with Crippen molar-refractivity contribution < 1.29 is 9.59 Å². The third-order valence-electron chi connectivity index (χ3n) is 4.02. The molecule has 2 amide bonds. The zero-order chi connectivity index (χ0) is 16.8. The molecule has 4 heteroatoms. The van der Waals surface area contributed by atoms with Crippen LogP contribution in [0.25, 0.3) is 0 Å². The molecule has 2 aromatic carbocycles. The van der Waals surface area contributed by atoms with Gasteiger partial charge in [-0.05, 0) is 25.0 Å². The second kappa shape index (κ2) is 7.58. The number of hydrogen-bond donors (Lipinski definition) is 1. The van der Waals surface area contributed by atoms with Crippen LogP contribution in [0.15, 0.2) is 60.7 Å². The van der Waals surface area contributed by atoms with Gasteiger partial charge in [-0.2, -0.15) is 0 Å². The smallest absolute Gasteiger partial charge is 0.312 e. The van der Waals surface area contributed by atoms with Gasteiger partial charge in [0.1, 0.15) is 0 Å². The summed E-state index contributed by atoms with van der Waals surface area (Å²) in [6.45, 7) is 3.77. The van der Waals surface area contributed by atoms with Crippen LogP contribution < -0.4 is 5.32 Å². The minimum absolute atomic E-state index is 0.165. The molecule has 0 aliphatic rings. The van der Waals surface area contributed by atoms with Crippen molar-refractivity contribution in [2.24, 2.45) is 0 Å². The molecule has 2 atom stereocenters. The molecular weight excluding hydrogens is 288 g/mol. The third kappa shape index (κ3) is 4.19. The van der Waals surface area contributed by atoms with Crippen LogP contribution in [0, 0.1) is 0 Å². The normalized spacial score (nSPS) is 13.0. The molecule has 120 valence electrons. The van der Waals surface area contributed by atoms with Crippen LogP contribution >= 0.6 is 0 Å². The van der Waals surface area contributed by atoms with Crippen LogP contribution in [0.2, 0.25) is 0 Å². The summed E-state index contributed by atoms with van der Waals surface area (Å²) < 4.78 is 0. The van der Waals surface area contributed by atoms with Gasteiger partial charge in [-0.1, -0.05) is 60.7 Å². The first-order chi connectivity index (χ1) is 11.0. The Hall–Kier alpha value is -2.62. The van der Waals surface area contributed by atoms with E-state index in [1.165, 1.54) is 4.90 Å². The molecule has 0 heterocycles. The molecule has 0 unspecified atom stereocenters. The van der Waals surface area contributed by atoms with Gasteiger partial charge < -0.3 is 10.2 Å². The highest BCUT2D eigenvalue weighted by molar-refractivity contribution is 6.35. The highest BCUT2D eigenvalue weighted by Gasteiger charge is 2.24. The van der Waals surface area contributed by atoms with E-state index >= 15 is 0 Å². The molecule has 23 heavy (non-hydrogen) atoms. The standard InChI is InChI=1S/C19H22N2O2/c1-14(16-10-6-4-7-11-16)20-18(22)19(23)21(3)15(2)17-12-8-5-9-13-17/h4-15H,1-3H3,(H,20,22)/t14-,15+/m1/s1. The Morgan fingerprint density at radius 1 is 0.870 bits per heavy atom. The molecule has 0 fully saturated rings. The zero-order valence-corrected chi connectivity index (χ0v) is 13.7. The molecule has 0 spiro atoms. The van der Waals surface area contributed by atoms with E-state index in [1.54, 1.807) is 7.05 Å². The van der Waals surface area contributed by atoms with Crippen LogP contribution in [0.4, 0.5) is 0 Å². The minimum atomic E-state index is -0.591. The van der Waals surface area contributed by atoms with Gasteiger partial charge >= 0.3 is 11.8 Å². The Bertz CT molecular complexity index is 656. The highest BCUT2D eigenvalue weighted by atomic mass is 16.2. The van der Waals surface area contributed by atoms with E-state index in [2.05, 4.69) is 5.32 Å². The molecular formula is C19H22N2O2. The Kier molecular flexibility index (Phi) is 5.52. The van der Waals surface area contributed by atoms with E-state index in [0.29, 0.717) is 0 Å². The van der Waals surface area contributed by atoms with Gasteiger partial charge in [-0.3, -0.25) is 9.59 Å². The van der Waals surface area contributed by atoms with Crippen molar-refractivity contribution in [3.63, 3.8) is 0 Å². The van der Waals surface area contributed by atoms with Crippen LogP contribution in [0.5, 0.6) is 0 Å². The summed E-state index contributed by atoms with van der Waals surface area (Å²) in [7, 11) is 1.65. The molecule has 2 aromatic rings. The van der Waals surface area contributed by atoms with Gasteiger partial charge in [0.2, 0.25) is 0 Å². The number of benzene rings is 2. The minimum Gasteiger partial charge on any atom is -0.341 e. The number of nitrogens with zero attached hydrogens (tertiary/aromatic N) is 1. The van der Waals surface area contributed by atoms with Crippen molar-refractivity contribution in [3.05, 3.63) is 71.8 Å². The maximum Gasteiger partial charge on any atom is 0.312 e. The van der Waals surface area contributed by atoms with Gasteiger partial charge in [0.05, 0.1) is 12.1 Å². The molecule has 1 N–H and O–H groups in total. The monoisotopic (exact) mass is 310 g/mol. The number of likely N-dealkylation sites (N-methyl/N-ethyl adjacent to an activating group) is 1. The van der Waals surface area contributed by atoms with Crippen LogP contribution in [-0.2, 0) is 9.59 Å². The fourth-order valence-electron chi connectivity index (χ4n) is 2.37. The van der Waals surface area contributed by atoms with Crippen molar-refractivity contribution in [2.45, 2.75) is 25.9 Å². The first kappa shape index (κ1) is 16.7. The van der Waals surface area contributed by atoms with E-state index in [4.69, 9.17) is 0 Å². The fraction of sp³-hybridized carbons (Fsp3) is 0.263. The summed E-state index contributed by atoms with van der Waals surface area (Å²) in [6.07, 6.45) is 0. The summed E-state index contributed by atoms with van der Waals surface area (Å²) in [5, 5.41) is 2.75. The lowest BCUT2D eigenvalue weighted by molar-refractivity contribution is -0.146. The number of amides is 2. The maximum atomic E-state index is 12.3. The van der Waals surface area contributed by atoms with Crippen molar-refractivity contribution in [2.75, 3.05) is 7.05 Å². The van der Waals surface area contributed by atoms with Crippen LogP contribution in [0.3, 0.4) is 0 Å². The molecule has 4 nitrogen and oxygen atoms in total. The molecule has 0 aliphatic carbocycles. The molecule has 0 aromatic heterocycles. The van der Waals surface area contributed by atoms with Crippen molar-refractivity contribution in [1.82, 2.24) is 10.2 Å². The Morgan fingerprint density at radius 2 is 1.35 bits per heavy atom. The number of hydrogen-bond acceptors (Lipinski definition) is 2. The summed E-state index contributed by atoms with van der Waals surface area (Å²) >= 11 is 0. The Balaban J connectivity index is 2.00. The van der Waals surface area contributed by atoms with Gasteiger partial charge in [-0.25, -0.2) is 0 Å². The second-order valence-electron chi connectivity index (χ2n) is 5.61. The van der Waals surface area contributed by atoms with Crippen molar-refractivity contribution >= 4 is 11.8 Å². The first-order valence-electron chi connectivity index (χ1n) is 7.68. The highest BCUT2D eigenvalue weighted by Crippen LogP contribution is 2.18. The van der Waals surface area contributed by atoms with E-state index in [9.17, 15) is 9.59 Å². The molecule has 0 aliphatic heterocycles. The predicted molar refractivity (Wildman–Crippen MR) is 90.6 cm³/mol. The Morgan fingerprint density at radius 3 is 1.87 bits per heavy atom. The van der Waals surface area contributed by atoms with Gasteiger partial charge in [-0.15, -0.1) is 0 Å². The second-order valence-corrected chi connectivity index (χ2v) is 5.61. The first-order valence-corrected chi connectivity index (χ1v) is 7.68. The zero-order valence-electron chi connectivity index (χ0n) is 13.7. The van der Waals surface area contributed by atoms with Crippen molar-refractivity contribution in [1.29, 1.82) is 0 Å². The molecule has 0 saturated carbocycles. The maximum absolute atomic E-state index is 12.3. The topological polar surface area (TPSA) is 49.4 Å². The summed E-state index contributed by atoms with van der Waals surface area (Å²) in [5.41, 5.74) is 1.96. The summed E-state index contributed by atoms with van der Waals surface area (Å²) in [5.74, 6) is -1.13. The SMILES string of the molecule is C[C@@H](NC(=O)C(=O)N(C)[C@@H](C)c1ccccc1)c1ccccc1. The number of carbonyl (C=O) groups is 2. The lowest BCUT2D eigenvalue weighted by atomic mass is 10.1. The number of rotatable bonds is 4. The quantitative estimate of drug-likeness (QED) is 0.882. The van der Waals surface area contributed by atoms with Crippen LogP contribution in [0.1, 0.15) is 37.1 Å². The predicted octanol–water partition coefficient (Wildman–Crippen LogP) is 3.08. The molecule has 0 radical (unpaired) electrons. The van der Waals surface area contributed by atoms with Gasteiger partial charge in [0.25, 0.3) is 0 Å². The largest absolute Gasteiger partial charge is 0.341 e. The number of carbonyl (C=O) groups excluding carboxylic acids is 2. The lowest BCUT2D eigenvalue weighted by Gasteiger charge is -2.25. The summed E-state index contributed by atoms with van der Waals surface area (Å²) in [4.78, 5) is 26.0. The fourth-order valence-corrected chi connectivity index (χ4v) is 2.37. The van der Waals surface area contributed by atoms with Gasteiger partial charge in [0.15, 0.2) is 0 Å². The third-order valence-corrected chi connectivity index (χ3v) is 4.02. The van der Waals surface area contributed by atoms with Crippen LogP contribution in [-0.4, -0.2) is 23.8 Å². The number of nitrogens with one attached hydrogen (secondary N) is 1. The summed E-state index contributed by atoms with van der Waals surface area (Å²) in [6, 6.07) is 18.8. The average molecular weight is 310 g/mol. The van der Waals surface area contributed by atoms with Gasteiger partial charge in [0, 0.05) is 7.05 Å². The molecule has 0 bridgehead atoms. The van der Waals surface area contributed by atoms with E-state index in [0.717, 1.165) is 11.1 Å². The van der Waals surface area contributed by atoms with Crippen molar-refractivity contribution in [3.8, 4) is 0 Å².